The Bertz CT molecular complexity index is 1460. The highest BCUT2D eigenvalue weighted by molar-refractivity contribution is 5.94. The summed E-state index contributed by atoms with van der Waals surface area (Å²) in [6.45, 7) is 11.0. The van der Waals surface area contributed by atoms with Gasteiger partial charge < -0.3 is 33.5 Å². The summed E-state index contributed by atoms with van der Waals surface area (Å²) in [5.74, 6) is -3.32. The van der Waals surface area contributed by atoms with Crippen LogP contribution in [0.3, 0.4) is 0 Å². The molecule has 0 aromatic heterocycles. The van der Waals surface area contributed by atoms with E-state index in [0.717, 1.165) is 0 Å². The number of epoxide rings is 1. The van der Waals surface area contributed by atoms with Gasteiger partial charge >= 0.3 is 17.9 Å². The molecule has 8 aliphatic rings. The van der Waals surface area contributed by atoms with E-state index in [-0.39, 0.29) is 43.3 Å². The quantitative estimate of drug-likeness (QED) is 0.217. The van der Waals surface area contributed by atoms with Gasteiger partial charge in [0.2, 0.25) is 0 Å². The molecule has 11 nitrogen and oxygen atoms in total. The first kappa shape index (κ1) is 28.8. The van der Waals surface area contributed by atoms with Gasteiger partial charge in [-0.2, -0.15) is 0 Å². The summed E-state index contributed by atoms with van der Waals surface area (Å²) in [6, 6.07) is 0. The molecule has 4 saturated heterocycles. The Kier molecular flexibility index (Phi) is 5.64. The summed E-state index contributed by atoms with van der Waals surface area (Å²) in [6.07, 6.45) is 0.751. The number of aliphatic hydroxyl groups is 1. The molecule has 0 aromatic carbocycles. The van der Waals surface area contributed by atoms with Crippen molar-refractivity contribution in [3.05, 3.63) is 23.3 Å². The molecule has 0 bridgehead atoms. The fraction of sp³-hybridized carbons (Fsp3) is 0.758. The molecule has 1 N–H and O–H groups in total. The molecule has 0 amide bonds. The predicted octanol–water partition coefficient (Wildman–Crippen LogP) is 2.26. The van der Waals surface area contributed by atoms with Crippen molar-refractivity contribution in [3.8, 4) is 0 Å². The van der Waals surface area contributed by atoms with E-state index in [1.54, 1.807) is 32.9 Å². The second-order valence-corrected chi connectivity index (χ2v) is 15.0. The summed E-state index contributed by atoms with van der Waals surface area (Å²) in [5, 5.41) is 12.8. The molecule has 238 valence electrons. The number of ketones is 1. The SMILES string of the molecule is CC=C(C)C(=O)O[C@@H]1C[C@H]2C(C)(C)O[C@@H]3CC(=O)O[C@@]32C[C@@]2(O)CC(=O)[C@]34O[C@H]([C@@H]5C=C(C)C(=O)O5)[C@@H](C)[C@H]3C[C@@H]3O[C@@]34[C@H]12. The Balaban J connectivity index is 1.26. The van der Waals surface area contributed by atoms with Crippen LogP contribution in [0.5, 0.6) is 0 Å². The van der Waals surface area contributed by atoms with Crippen LogP contribution in [-0.4, -0.2) is 87.3 Å². The number of hydrogen-bond acceptors (Lipinski definition) is 11. The number of rotatable bonds is 3. The second-order valence-electron chi connectivity index (χ2n) is 15.0. The van der Waals surface area contributed by atoms with E-state index in [4.69, 9.17) is 28.4 Å². The van der Waals surface area contributed by atoms with Crippen LogP contribution < -0.4 is 0 Å². The Morgan fingerprint density at radius 3 is 2.55 bits per heavy atom. The molecule has 0 unspecified atom stereocenters. The van der Waals surface area contributed by atoms with Crippen molar-refractivity contribution in [2.75, 3.05) is 0 Å². The fourth-order valence-electron chi connectivity index (χ4n) is 10.7. The summed E-state index contributed by atoms with van der Waals surface area (Å²) < 4.78 is 37.9. The highest BCUT2D eigenvalue weighted by Crippen LogP contribution is 2.75. The lowest BCUT2D eigenvalue weighted by Crippen LogP contribution is -2.71. The Morgan fingerprint density at radius 2 is 1.86 bits per heavy atom. The minimum absolute atomic E-state index is 0.0440. The first-order chi connectivity index (χ1) is 20.6. The average Bonchev–Trinajstić information content (AvgIpc) is 3.10. The molecule has 13 atom stereocenters. The number of carbonyl (C=O) groups excluding carboxylic acids is 4. The minimum atomic E-state index is -1.75. The van der Waals surface area contributed by atoms with Gasteiger partial charge in [0.1, 0.15) is 35.6 Å². The number of fused-ring (bicyclic) bond motifs is 1. The first-order valence-corrected chi connectivity index (χ1v) is 15.9. The molecule has 3 saturated carbocycles. The molecule has 3 spiro atoms. The van der Waals surface area contributed by atoms with Gasteiger partial charge in [-0.05, 0) is 59.5 Å². The molecule has 7 fully saturated rings. The minimum Gasteiger partial charge on any atom is -0.458 e. The number of ether oxygens (including phenoxy) is 6. The van der Waals surface area contributed by atoms with E-state index in [2.05, 4.69) is 0 Å². The number of Topliss-reactive ketones (excluding diaryl/α,β-unsaturated/α-hetero) is 1. The van der Waals surface area contributed by atoms with Crippen molar-refractivity contribution in [3.63, 3.8) is 0 Å². The third-order valence-electron chi connectivity index (χ3n) is 12.5. The van der Waals surface area contributed by atoms with E-state index in [1.807, 2.05) is 20.8 Å². The summed E-state index contributed by atoms with van der Waals surface area (Å²) >= 11 is 0. The van der Waals surface area contributed by atoms with Gasteiger partial charge in [0.15, 0.2) is 11.4 Å². The van der Waals surface area contributed by atoms with E-state index in [0.29, 0.717) is 17.6 Å². The maximum atomic E-state index is 14.6. The lowest BCUT2D eigenvalue weighted by Gasteiger charge is -2.53. The number of carbonyl (C=O) groups is 4. The van der Waals surface area contributed by atoms with Crippen molar-refractivity contribution >= 4 is 23.7 Å². The highest BCUT2D eigenvalue weighted by Gasteiger charge is 2.92. The van der Waals surface area contributed by atoms with Crippen LogP contribution in [0.4, 0.5) is 0 Å². The van der Waals surface area contributed by atoms with Crippen LogP contribution in [-0.2, 0) is 47.6 Å². The summed E-state index contributed by atoms with van der Waals surface area (Å²) in [4.78, 5) is 53.1. The van der Waals surface area contributed by atoms with Crippen molar-refractivity contribution in [1.82, 2.24) is 0 Å². The van der Waals surface area contributed by atoms with Gasteiger partial charge in [-0.1, -0.05) is 13.0 Å². The molecule has 5 heterocycles. The average molecular weight is 613 g/mol. The number of allylic oxidation sites excluding steroid dienone is 1. The standard InChI is InChI=1S/C33H40O11/c1-7-14(2)27(36)40-19-10-20-29(5,6)41-22-11-24(35)43-31(20,22)13-30(38)12-21(34)32-17(9-23-33(32,42-23)26(19)30)16(4)25(44-32)18-8-15(3)28(37)39-18/h7-8,16-20,22-23,25-26,38H,9-13H2,1-6H3/t16-,17+,18-,19+,20-,22+,23-,25-,26+,30-,31+,32+,33+/m0/s1. The zero-order valence-corrected chi connectivity index (χ0v) is 25.9. The molecule has 44 heavy (non-hydrogen) atoms. The van der Waals surface area contributed by atoms with Crippen LogP contribution in [0.1, 0.15) is 73.6 Å². The van der Waals surface area contributed by atoms with Gasteiger partial charge in [0.05, 0.1) is 29.6 Å². The van der Waals surface area contributed by atoms with Crippen LogP contribution in [0, 0.1) is 23.7 Å². The largest absolute Gasteiger partial charge is 0.458 e. The molecule has 0 radical (unpaired) electrons. The third-order valence-corrected chi connectivity index (χ3v) is 12.5. The van der Waals surface area contributed by atoms with Gasteiger partial charge in [-0.15, -0.1) is 0 Å². The number of esters is 3. The normalized spacial score (nSPS) is 52.9. The smallest absolute Gasteiger partial charge is 0.334 e. The topological polar surface area (TPSA) is 147 Å². The number of hydrogen-bond donors (Lipinski definition) is 1. The van der Waals surface area contributed by atoms with E-state index >= 15 is 0 Å². The number of cyclic esters (lactones) is 1. The predicted molar refractivity (Wildman–Crippen MR) is 149 cm³/mol. The van der Waals surface area contributed by atoms with Gasteiger partial charge in [-0.3, -0.25) is 9.59 Å². The molecular weight excluding hydrogens is 572 g/mol. The maximum absolute atomic E-state index is 14.6. The lowest BCUT2D eigenvalue weighted by molar-refractivity contribution is -0.224. The van der Waals surface area contributed by atoms with Crippen LogP contribution in [0.25, 0.3) is 0 Å². The van der Waals surface area contributed by atoms with E-state index < -0.39 is 88.3 Å². The maximum Gasteiger partial charge on any atom is 0.334 e. The zero-order chi connectivity index (χ0) is 31.4. The zero-order valence-electron chi connectivity index (χ0n) is 25.9. The summed E-state index contributed by atoms with van der Waals surface area (Å²) in [5.41, 5.74) is -5.48. The Labute approximate surface area is 255 Å². The lowest BCUT2D eigenvalue weighted by atomic mass is 9.56. The summed E-state index contributed by atoms with van der Waals surface area (Å²) in [7, 11) is 0. The van der Waals surface area contributed by atoms with Crippen molar-refractivity contribution < 1.29 is 52.7 Å². The molecule has 11 heteroatoms. The van der Waals surface area contributed by atoms with E-state index in [1.165, 1.54) is 0 Å². The monoisotopic (exact) mass is 612 g/mol. The molecule has 3 aliphatic carbocycles. The van der Waals surface area contributed by atoms with Gasteiger partial charge in [0, 0.05) is 35.8 Å². The highest BCUT2D eigenvalue weighted by atomic mass is 16.7. The van der Waals surface area contributed by atoms with Crippen molar-refractivity contribution in [1.29, 1.82) is 0 Å². The van der Waals surface area contributed by atoms with E-state index in [9.17, 15) is 24.3 Å². The molecular formula is C33H40O11. The first-order valence-electron chi connectivity index (χ1n) is 15.9. The van der Waals surface area contributed by atoms with Gasteiger partial charge in [-0.25, -0.2) is 9.59 Å². The van der Waals surface area contributed by atoms with Gasteiger partial charge in [0.25, 0.3) is 0 Å². The fourth-order valence-corrected chi connectivity index (χ4v) is 10.7. The van der Waals surface area contributed by atoms with Crippen molar-refractivity contribution in [2.45, 2.75) is 132 Å². The second kappa shape index (κ2) is 8.60. The van der Waals surface area contributed by atoms with Crippen LogP contribution in [0.2, 0.25) is 0 Å². The van der Waals surface area contributed by atoms with Crippen LogP contribution in [0.15, 0.2) is 23.3 Å². The Hall–Kier alpha value is -2.60. The molecule has 0 aromatic rings. The Morgan fingerprint density at radius 1 is 1.11 bits per heavy atom. The third kappa shape index (κ3) is 3.26. The molecule has 8 rings (SSSR count). The molecule has 5 aliphatic heterocycles. The van der Waals surface area contributed by atoms with Crippen molar-refractivity contribution in [2.24, 2.45) is 23.7 Å². The van der Waals surface area contributed by atoms with Crippen LogP contribution >= 0.6 is 0 Å².